The summed E-state index contributed by atoms with van der Waals surface area (Å²) < 4.78 is 5.21. The van der Waals surface area contributed by atoms with Crippen LogP contribution in [0, 0.1) is 5.92 Å². The van der Waals surface area contributed by atoms with Crippen LogP contribution in [0.5, 0.6) is 0 Å². The number of nitrogens with one attached hydrogen (secondary N) is 4. The van der Waals surface area contributed by atoms with Crippen LogP contribution >= 0.6 is 0 Å². The third kappa shape index (κ3) is 12.6. The molecule has 2 atom stereocenters. The Kier molecular flexibility index (Phi) is 13.4. The fourth-order valence-corrected chi connectivity index (χ4v) is 3.36. The number of carbonyl (C=O) groups is 5. The van der Waals surface area contributed by atoms with Crippen molar-refractivity contribution in [2.45, 2.75) is 78.2 Å². The monoisotopic (exact) mass is 550 g/mol. The molecule has 0 aliphatic rings. The van der Waals surface area contributed by atoms with Crippen LogP contribution in [0.3, 0.4) is 0 Å². The van der Waals surface area contributed by atoms with E-state index < -0.39 is 54.0 Å². The number of nitrogens with two attached hydrogens (primary N) is 2. The molecule has 1 rings (SSSR count). The van der Waals surface area contributed by atoms with Crippen molar-refractivity contribution in [3.63, 3.8) is 0 Å². The van der Waals surface area contributed by atoms with Gasteiger partial charge >= 0.3 is 12.0 Å². The normalized spacial score (nSPS) is 12.7. The molecule has 0 saturated carbocycles. The van der Waals surface area contributed by atoms with Crippen LogP contribution in [0.1, 0.15) is 69.8 Å². The molecule has 0 spiro atoms. The molecular formula is C26H42N6O7. The summed E-state index contributed by atoms with van der Waals surface area (Å²) in [6.45, 7) is 8.55. The molecule has 13 heteroatoms. The van der Waals surface area contributed by atoms with Gasteiger partial charge < -0.3 is 42.6 Å². The van der Waals surface area contributed by atoms with Crippen molar-refractivity contribution in [1.29, 1.82) is 0 Å². The standard InChI is InChI=1S/C26H42N6O7/c1-15(2)21(27)24(37)32-19(7-6-11-30-25(28)38)23(36)31-17-9-8-16(14-33)18(13-17)22(35)29-12-10-20(34)39-26(3,4)5/h8-9,13,15,19,21,33H,6-7,10-12,14,27H2,1-5H3,(H,29,35)(H,31,36)(H,32,37)(H3,28,30,38)/t19-,21-/m0/s1. The molecule has 0 saturated heterocycles. The van der Waals surface area contributed by atoms with E-state index in [0.717, 1.165) is 0 Å². The van der Waals surface area contributed by atoms with Crippen molar-refractivity contribution in [1.82, 2.24) is 16.0 Å². The van der Waals surface area contributed by atoms with E-state index in [1.165, 1.54) is 18.2 Å². The molecule has 0 bridgehead atoms. The number of primary amides is 1. The molecule has 1 aromatic carbocycles. The Hall–Kier alpha value is -3.71. The minimum atomic E-state index is -0.986. The van der Waals surface area contributed by atoms with Gasteiger partial charge in [0, 0.05) is 24.3 Å². The van der Waals surface area contributed by atoms with Gasteiger partial charge in [0.15, 0.2) is 0 Å². The quantitative estimate of drug-likeness (QED) is 0.127. The van der Waals surface area contributed by atoms with Gasteiger partial charge in [-0.05, 0) is 57.2 Å². The highest BCUT2D eigenvalue weighted by molar-refractivity contribution is 6.00. The van der Waals surface area contributed by atoms with Gasteiger partial charge in [-0.2, -0.15) is 0 Å². The highest BCUT2D eigenvalue weighted by atomic mass is 16.6. The molecule has 0 aliphatic heterocycles. The lowest BCUT2D eigenvalue weighted by atomic mass is 10.0. The first-order valence-electron chi connectivity index (χ1n) is 12.8. The number of carbonyl (C=O) groups excluding carboxylic acids is 5. The number of aliphatic hydroxyl groups is 1. The minimum Gasteiger partial charge on any atom is -0.460 e. The van der Waals surface area contributed by atoms with Crippen molar-refractivity contribution < 1.29 is 33.8 Å². The van der Waals surface area contributed by atoms with E-state index in [1.54, 1.807) is 34.6 Å². The summed E-state index contributed by atoms with van der Waals surface area (Å²) in [6, 6.07) is 1.86. The minimum absolute atomic E-state index is 0.0127. The third-order valence-corrected chi connectivity index (χ3v) is 5.45. The van der Waals surface area contributed by atoms with Crippen molar-refractivity contribution in [3.8, 4) is 0 Å². The van der Waals surface area contributed by atoms with Crippen LogP contribution in [0.15, 0.2) is 18.2 Å². The number of hydrogen-bond donors (Lipinski definition) is 7. The molecule has 0 heterocycles. The van der Waals surface area contributed by atoms with Crippen LogP contribution in [0.2, 0.25) is 0 Å². The van der Waals surface area contributed by atoms with Crippen molar-refractivity contribution in [2.24, 2.45) is 17.4 Å². The van der Waals surface area contributed by atoms with E-state index >= 15 is 0 Å². The van der Waals surface area contributed by atoms with E-state index in [0.29, 0.717) is 12.0 Å². The second-order valence-corrected chi connectivity index (χ2v) is 10.4. The third-order valence-electron chi connectivity index (χ3n) is 5.45. The second-order valence-electron chi connectivity index (χ2n) is 10.4. The maximum Gasteiger partial charge on any atom is 0.312 e. The Morgan fingerprint density at radius 2 is 1.69 bits per heavy atom. The molecule has 0 aliphatic carbocycles. The van der Waals surface area contributed by atoms with Gasteiger partial charge in [-0.25, -0.2) is 4.79 Å². The highest BCUT2D eigenvalue weighted by Gasteiger charge is 2.25. The second kappa shape index (κ2) is 15.6. The lowest BCUT2D eigenvalue weighted by Crippen LogP contribution is -2.51. The molecular weight excluding hydrogens is 508 g/mol. The van der Waals surface area contributed by atoms with Gasteiger partial charge in [0.05, 0.1) is 19.1 Å². The number of esters is 1. The van der Waals surface area contributed by atoms with Crippen LogP contribution in [0.4, 0.5) is 10.5 Å². The lowest BCUT2D eigenvalue weighted by Gasteiger charge is -2.22. The first kappa shape index (κ1) is 33.3. The predicted octanol–water partition coefficient (Wildman–Crippen LogP) is 0.496. The number of benzene rings is 1. The summed E-state index contributed by atoms with van der Waals surface area (Å²) in [6.07, 6.45) is 0.473. The van der Waals surface area contributed by atoms with Gasteiger partial charge in [0.1, 0.15) is 11.6 Å². The van der Waals surface area contributed by atoms with Gasteiger partial charge in [0.2, 0.25) is 11.8 Å². The average Bonchev–Trinajstić information content (AvgIpc) is 2.83. The van der Waals surface area contributed by atoms with Gasteiger partial charge in [-0.15, -0.1) is 0 Å². The molecule has 218 valence electrons. The van der Waals surface area contributed by atoms with Gasteiger partial charge in [-0.3, -0.25) is 19.2 Å². The molecule has 13 nitrogen and oxygen atoms in total. The number of anilines is 1. The summed E-state index contributed by atoms with van der Waals surface area (Å²) in [5.74, 6) is -2.25. The largest absolute Gasteiger partial charge is 0.460 e. The fourth-order valence-electron chi connectivity index (χ4n) is 3.36. The Bertz CT molecular complexity index is 1020. The summed E-state index contributed by atoms with van der Waals surface area (Å²) in [5, 5.41) is 20.0. The van der Waals surface area contributed by atoms with Gasteiger partial charge in [0.25, 0.3) is 5.91 Å². The van der Waals surface area contributed by atoms with E-state index in [4.69, 9.17) is 16.2 Å². The number of rotatable bonds is 14. The number of amides is 5. The molecule has 0 fully saturated rings. The lowest BCUT2D eigenvalue weighted by molar-refractivity contribution is -0.154. The first-order valence-corrected chi connectivity index (χ1v) is 12.8. The topological polar surface area (TPSA) is 215 Å². The van der Waals surface area contributed by atoms with Crippen LogP contribution < -0.4 is 32.7 Å². The molecule has 1 aromatic rings. The van der Waals surface area contributed by atoms with E-state index in [9.17, 15) is 29.1 Å². The zero-order chi connectivity index (χ0) is 29.8. The SMILES string of the molecule is CC(C)[C@H](N)C(=O)N[C@@H](CCCNC(N)=O)C(=O)Nc1ccc(CO)c(C(=O)NCCC(=O)OC(C)(C)C)c1. The Balaban J connectivity index is 2.96. The summed E-state index contributed by atoms with van der Waals surface area (Å²) in [4.78, 5) is 61.2. The van der Waals surface area contributed by atoms with Crippen LogP contribution in [-0.2, 0) is 25.7 Å². The van der Waals surface area contributed by atoms with Crippen LogP contribution in [-0.4, -0.2) is 65.6 Å². The smallest absolute Gasteiger partial charge is 0.312 e. The molecule has 0 radical (unpaired) electrons. The fraction of sp³-hybridized carbons (Fsp3) is 0.577. The zero-order valence-corrected chi connectivity index (χ0v) is 23.3. The van der Waals surface area contributed by atoms with E-state index in [-0.39, 0.29) is 43.1 Å². The molecule has 0 aromatic heterocycles. The molecule has 5 amide bonds. The van der Waals surface area contributed by atoms with Gasteiger partial charge in [-0.1, -0.05) is 19.9 Å². The van der Waals surface area contributed by atoms with Crippen molar-refractivity contribution in [2.75, 3.05) is 18.4 Å². The predicted molar refractivity (Wildman–Crippen MR) is 145 cm³/mol. The van der Waals surface area contributed by atoms with Crippen LogP contribution in [0.25, 0.3) is 0 Å². The first-order chi connectivity index (χ1) is 18.1. The highest BCUT2D eigenvalue weighted by Crippen LogP contribution is 2.18. The Morgan fingerprint density at radius 1 is 1.03 bits per heavy atom. The van der Waals surface area contributed by atoms with Crippen molar-refractivity contribution in [3.05, 3.63) is 29.3 Å². The number of aliphatic hydroxyl groups excluding tert-OH is 1. The average molecular weight is 551 g/mol. The molecule has 0 unspecified atom stereocenters. The zero-order valence-electron chi connectivity index (χ0n) is 23.3. The van der Waals surface area contributed by atoms with Crippen molar-refractivity contribution >= 4 is 35.4 Å². The van der Waals surface area contributed by atoms with E-state index in [2.05, 4.69) is 21.3 Å². The summed E-state index contributed by atoms with van der Waals surface area (Å²) >= 11 is 0. The Labute approximate surface area is 228 Å². The summed E-state index contributed by atoms with van der Waals surface area (Å²) in [5.41, 5.74) is 11.0. The maximum atomic E-state index is 13.1. The number of urea groups is 1. The molecule has 39 heavy (non-hydrogen) atoms. The van der Waals surface area contributed by atoms with E-state index in [1.807, 2.05) is 0 Å². The number of ether oxygens (including phenoxy) is 1. The maximum absolute atomic E-state index is 13.1. The summed E-state index contributed by atoms with van der Waals surface area (Å²) in [7, 11) is 0. The number of hydrogen-bond acceptors (Lipinski definition) is 8. The Morgan fingerprint density at radius 3 is 2.26 bits per heavy atom. The molecule has 9 N–H and O–H groups in total.